The predicted molar refractivity (Wildman–Crippen MR) is 159 cm³/mol. The van der Waals surface area contributed by atoms with Gasteiger partial charge in [-0.25, -0.2) is 14.8 Å². The van der Waals surface area contributed by atoms with Gasteiger partial charge in [0.2, 0.25) is 0 Å². The molecular weight excluding hydrogens is 574 g/mol. The van der Waals surface area contributed by atoms with Gasteiger partial charge in [0.1, 0.15) is 23.2 Å². The Bertz CT molecular complexity index is 1650. The number of imidazole rings is 1. The van der Waals surface area contributed by atoms with Crippen LogP contribution < -0.4 is 4.74 Å². The van der Waals surface area contributed by atoms with Crippen LogP contribution in [0.3, 0.4) is 0 Å². The third kappa shape index (κ3) is 5.23. The first-order valence-corrected chi connectivity index (χ1v) is 14.8. The highest BCUT2D eigenvalue weighted by atomic mass is 79.9. The number of hydrogen-bond acceptors (Lipinski definition) is 5. The lowest BCUT2D eigenvalue weighted by molar-refractivity contribution is 0.0698. The number of aromatic carboxylic acids is 1. The van der Waals surface area contributed by atoms with Crippen LogP contribution in [0.4, 0.5) is 0 Å². The molecule has 1 N–H and O–H groups in total. The van der Waals surface area contributed by atoms with Crippen LogP contribution >= 0.6 is 27.3 Å². The van der Waals surface area contributed by atoms with Gasteiger partial charge < -0.3 is 14.4 Å². The van der Waals surface area contributed by atoms with Crippen molar-refractivity contribution in [1.82, 2.24) is 14.5 Å². The highest BCUT2D eigenvalue weighted by Gasteiger charge is 2.25. The van der Waals surface area contributed by atoms with E-state index in [1.54, 1.807) is 23.5 Å². The van der Waals surface area contributed by atoms with E-state index in [-0.39, 0.29) is 6.04 Å². The number of carboxylic acid groups (broad SMARTS) is 1. The topological polar surface area (TPSA) is 77.2 Å². The number of aryl methyl sites for hydroxylation is 1. The Hall–Kier alpha value is -3.49. The van der Waals surface area contributed by atoms with Crippen LogP contribution in [0.15, 0.2) is 71.3 Å². The largest absolute Gasteiger partial charge is 0.489 e. The summed E-state index contributed by atoms with van der Waals surface area (Å²) in [6.07, 6.45) is 7.46. The van der Waals surface area contributed by atoms with E-state index in [0.717, 1.165) is 68.9 Å². The number of carbonyl (C=O) groups is 1. The molecule has 0 atom stereocenters. The van der Waals surface area contributed by atoms with Crippen LogP contribution in [0.2, 0.25) is 0 Å². The first-order chi connectivity index (χ1) is 19.0. The number of carboxylic acids is 1. The molecule has 2 aromatic heterocycles. The van der Waals surface area contributed by atoms with Crippen molar-refractivity contribution in [2.75, 3.05) is 0 Å². The summed E-state index contributed by atoms with van der Waals surface area (Å²) in [5, 5.41) is 10.9. The molecule has 39 heavy (non-hydrogen) atoms. The molecule has 198 valence electrons. The van der Waals surface area contributed by atoms with Gasteiger partial charge in [-0.2, -0.15) is 0 Å². The van der Waals surface area contributed by atoms with Crippen molar-refractivity contribution < 1.29 is 14.6 Å². The third-order valence-corrected chi connectivity index (χ3v) is 9.04. The molecule has 0 unspecified atom stereocenters. The van der Waals surface area contributed by atoms with Crippen molar-refractivity contribution in [3.8, 4) is 27.7 Å². The molecule has 0 radical (unpaired) electrons. The summed E-state index contributed by atoms with van der Waals surface area (Å²) >= 11 is 5.33. The van der Waals surface area contributed by atoms with E-state index in [1.165, 1.54) is 11.3 Å². The monoisotopic (exact) mass is 601 g/mol. The van der Waals surface area contributed by atoms with Gasteiger partial charge in [0.05, 0.1) is 16.6 Å². The molecule has 1 fully saturated rings. The van der Waals surface area contributed by atoms with Gasteiger partial charge in [-0.05, 0) is 68.3 Å². The van der Waals surface area contributed by atoms with Gasteiger partial charge in [-0.15, -0.1) is 11.3 Å². The van der Waals surface area contributed by atoms with Gasteiger partial charge >= 0.3 is 5.97 Å². The molecular formula is C31H28BrN3O3S. The summed E-state index contributed by atoms with van der Waals surface area (Å²) in [5.41, 5.74) is 4.81. The average Bonchev–Trinajstić information content (AvgIpc) is 3.57. The van der Waals surface area contributed by atoms with E-state index < -0.39 is 5.97 Å². The average molecular weight is 603 g/mol. The van der Waals surface area contributed by atoms with Gasteiger partial charge in [0, 0.05) is 38.3 Å². The summed E-state index contributed by atoms with van der Waals surface area (Å²) in [6, 6.07) is 19.7. The third-order valence-electron chi connectivity index (χ3n) is 7.30. The Labute approximate surface area is 239 Å². The highest BCUT2D eigenvalue weighted by Crippen LogP contribution is 2.37. The number of nitrogens with zero attached hydrogens (tertiary/aromatic N) is 3. The van der Waals surface area contributed by atoms with Gasteiger partial charge in [-0.1, -0.05) is 47.3 Å². The zero-order chi connectivity index (χ0) is 26.9. The van der Waals surface area contributed by atoms with E-state index >= 15 is 0 Å². The number of fused-ring (bicyclic) bond motifs is 1. The van der Waals surface area contributed by atoms with Crippen LogP contribution in [-0.2, 0) is 6.61 Å². The zero-order valence-corrected chi connectivity index (χ0v) is 24.0. The highest BCUT2D eigenvalue weighted by molar-refractivity contribution is 9.10. The maximum atomic E-state index is 12.1. The number of halogens is 1. The zero-order valence-electron chi connectivity index (χ0n) is 21.6. The van der Waals surface area contributed by atoms with Crippen LogP contribution in [0, 0.1) is 6.92 Å². The van der Waals surface area contributed by atoms with Crippen molar-refractivity contribution in [1.29, 1.82) is 0 Å². The van der Waals surface area contributed by atoms with Crippen LogP contribution in [-0.4, -0.2) is 25.6 Å². The van der Waals surface area contributed by atoms with Gasteiger partial charge in [0.25, 0.3) is 0 Å². The molecule has 6 rings (SSSR count). The number of rotatable bonds is 7. The molecule has 0 saturated heterocycles. The lowest BCUT2D eigenvalue weighted by atomic mass is 9.94. The molecule has 5 aromatic rings. The second-order valence-corrected chi connectivity index (χ2v) is 12.1. The minimum Gasteiger partial charge on any atom is -0.489 e. The molecule has 2 heterocycles. The van der Waals surface area contributed by atoms with Gasteiger partial charge in [0.15, 0.2) is 0 Å². The Balaban J connectivity index is 1.28. The van der Waals surface area contributed by atoms with Crippen molar-refractivity contribution in [3.05, 3.63) is 87.3 Å². The summed E-state index contributed by atoms with van der Waals surface area (Å²) in [7, 11) is 0. The fourth-order valence-electron chi connectivity index (χ4n) is 5.39. The number of hydrogen-bond donors (Lipinski definition) is 1. The Morgan fingerprint density at radius 2 is 1.85 bits per heavy atom. The van der Waals surface area contributed by atoms with E-state index in [1.807, 2.05) is 42.6 Å². The van der Waals surface area contributed by atoms with E-state index in [9.17, 15) is 9.90 Å². The Morgan fingerprint density at radius 3 is 2.56 bits per heavy atom. The minimum atomic E-state index is -0.923. The summed E-state index contributed by atoms with van der Waals surface area (Å²) in [5.74, 6) is 0.645. The van der Waals surface area contributed by atoms with Crippen molar-refractivity contribution in [2.24, 2.45) is 0 Å². The molecule has 0 amide bonds. The number of benzene rings is 3. The molecule has 1 saturated carbocycles. The van der Waals surface area contributed by atoms with Crippen LogP contribution in [0.5, 0.6) is 5.75 Å². The first-order valence-electron chi connectivity index (χ1n) is 13.2. The molecule has 0 spiro atoms. The lowest BCUT2D eigenvalue weighted by Crippen LogP contribution is -2.15. The summed E-state index contributed by atoms with van der Waals surface area (Å²) in [4.78, 5) is 22.7. The smallest absolute Gasteiger partial charge is 0.337 e. The molecule has 6 nitrogen and oxygen atoms in total. The molecule has 0 aliphatic heterocycles. The lowest BCUT2D eigenvalue weighted by Gasteiger charge is -2.26. The number of thiazole rings is 1. The molecule has 1 aliphatic carbocycles. The second kappa shape index (κ2) is 10.9. The number of ether oxygens (including phenoxy) is 1. The first kappa shape index (κ1) is 25.8. The molecule has 3 aromatic carbocycles. The van der Waals surface area contributed by atoms with Crippen molar-refractivity contribution >= 4 is 44.3 Å². The van der Waals surface area contributed by atoms with Crippen LogP contribution in [0.25, 0.3) is 33.0 Å². The fourth-order valence-corrected chi connectivity index (χ4v) is 6.51. The standard InChI is InChI=1S/C31H28BrN3O3S/c1-19-17-33-30(39-19)21-12-15-26(32)22(16-21)18-38-24-13-10-20(11-14-24)29-34-27-9-5-8-25(31(36)37)28(27)35(29)23-6-3-2-4-7-23/h5,8-17,23H,2-4,6-7,18H2,1H3,(H,36,37). The van der Waals surface area contributed by atoms with E-state index in [2.05, 4.69) is 44.5 Å². The molecule has 0 bridgehead atoms. The maximum Gasteiger partial charge on any atom is 0.337 e. The van der Waals surface area contributed by atoms with Crippen LogP contribution in [0.1, 0.15) is 58.9 Å². The van der Waals surface area contributed by atoms with Crippen molar-refractivity contribution in [2.45, 2.75) is 51.7 Å². The van der Waals surface area contributed by atoms with E-state index in [4.69, 9.17) is 9.72 Å². The summed E-state index contributed by atoms with van der Waals surface area (Å²) < 4.78 is 9.33. The predicted octanol–water partition coefficient (Wildman–Crippen LogP) is 8.68. The number of para-hydroxylation sites is 1. The maximum absolute atomic E-state index is 12.1. The Kier molecular flexibility index (Phi) is 7.23. The van der Waals surface area contributed by atoms with Gasteiger partial charge in [-0.3, -0.25) is 0 Å². The van der Waals surface area contributed by atoms with E-state index in [0.29, 0.717) is 17.7 Å². The molecule has 1 aliphatic rings. The van der Waals surface area contributed by atoms with Crippen molar-refractivity contribution in [3.63, 3.8) is 0 Å². The Morgan fingerprint density at radius 1 is 1.08 bits per heavy atom. The minimum absolute atomic E-state index is 0.237. The second-order valence-electron chi connectivity index (χ2n) is 9.97. The number of aromatic nitrogens is 3. The molecule has 8 heteroatoms. The fraction of sp³-hybridized carbons (Fsp3) is 0.258. The summed E-state index contributed by atoms with van der Waals surface area (Å²) in [6.45, 7) is 2.48. The quantitative estimate of drug-likeness (QED) is 0.202. The normalized spacial score (nSPS) is 14.1. The SMILES string of the molecule is Cc1cnc(-c2ccc(Br)c(COc3ccc(-c4nc5cccc(C(=O)O)c5n4C4CCCCC4)cc3)c2)s1.